The highest BCUT2D eigenvalue weighted by atomic mass is 35.5. The maximum Gasteiger partial charge on any atom is 0.248 e. The molecule has 0 aromatic heterocycles. The molecule has 1 amide bonds. The lowest BCUT2D eigenvalue weighted by Crippen LogP contribution is -2.38. The van der Waals surface area contributed by atoms with Gasteiger partial charge >= 0.3 is 0 Å². The standard InChI is InChI=1S/C17H25ClN2O/c1-10(2)13-6-4-11(3)8-15(13)20-16-9-12(17(19)21)5-7-14(16)18/h5,7,9-11,13,15,20H,4,6,8H2,1-3H3,(H2,19,21). The van der Waals surface area contributed by atoms with Crippen LogP contribution in [0.15, 0.2) is 18.2 Å². The van der Waals surface area contributed by atoms with Gasteiger partial charge in [0.1, 0.15) is 0 Å². The fourth-order valence-corrected chi connectivity index (χ4v) is 3.53. The molecule has 3 N–H and O–H groups in total. The zero-order valence-electron chi connectivity index (χ0n) is 13.0. The number of rotatable bonds is 4. The molecule has 0 aliphatic heterocycles. The summed E-state index contributed by atoms with van der Waals surface area (Å²) < 4.78 is 0. The van der Waals surface area contributed by atoms with E-state index in [0.29, 0.717) is 28.5 Å². The van der Waals surface area contributed by atoms with E-state index in [1.807, 2.05) is 0 Å². The van der Waals surface area contributed by atoms with Crippen LogP contribution in [0.2, 0.25) is 5.02 Å². The molecule has 0 radical (unpaired) electrons. The second-order valence-corrected chi connectivity index (χ2v) is 7.04. The molecule has 1 fully saturated rings. The van der Waals surface area contributed by atoms with Gasteiger partial charge in [-0.3, -0.25) is 4.79 Å². The van der Waals surface area contributed by atoms with Crippen LogP contribution in [0.25, 0.3) is 0 Å². The number of carbonyl (C=O) groups is 1. The Labute approximate surface area is 132 Å². The van der Waals surface area contributed by atoms with Gasteiger partial charge < -0.3 is 11.1 Å². The molecular formula is C17H25ClN2O. The normalized spacial score (nSPS) is 25.9. The molecule has 1 aromatic carbocycles. The molecule has 3 atom stereocenters. The quantitative estimate of drug-likeness (QED) is 0.870. The van der Waals surface area contributed by atoms with E-state index in [0.717, 1.165) is 18.0 Å². The van der Waals surface area contributed by atoms with Crippen LogP contribution in [0.1, 0.15) is 50.4 Å². The lowest BCUT2D eigenvalue weighted by atomic mass is 9.74. The van der Waals surface area contributed by atoms with Crippen LogP contribution in [-0.4, -0.2) is 11.9 Å². The Morgan fingerprint density at radius 3 is 2.71 bits per heavy atom. The molecule has 1 aliphatic carbocycles. The van der Waals surface area contributed by atoms with E-state index in [1.54, 1.807) is 18.2 Å². The first-order valence-corrected chi connectivity index (χ1v) is 8.12. The van der Waals surface area contributed by atoms with Crippen LogP contribution >= 0.6 is 11.6 Å². The summed E-state index contributed by atoms with van der Waals surface area (Å²) >= 11 is 6.27. The van der Waals surface area contributed by atoms with Crippen molar-refractivity contribution in [2.45, 2.75) is 46.1 Å². The van der Waals surface area contributed by atoms with Crippen LogP contribution in [0.3, 0.4) is 0 Å². The smallest absolute Gasteiger partial charge is 0.248 e. The largest absolute Gasteiger partial charge is 0.381 e. The van der Waals surface area contributed by atoms with Gasteiger partial charge in [0.25, 0.3) is 0 Å². The number of hydrogen-bond donors (Lipinski definition) is 2. The highest BCUT2D eigenvalue weighted by molar-refractivity contribution is 6.33. The Bertz CT molecular complexity index is 516. The minimum atomic E-state index is -0.424. The zero-order chi connectivity index (χ0) is 15.6. The predicted molar refractivity (Wildman–Crippen MR) is 88.7 cm³/mol. The number of anilines is 1. The van der Waals surface area contributed by atoms with Crippen molar-refractivity contribution in [1.29, 1.82) is 0 Å². The molecule has 21 heavy (non-hydrogen) atoms. The maximum atomic E-state index is 11.3. The number of amides is 1. The molecule has 0 spiro atoms. The summed E-state index contributed by atoms with van der Waals surface area (Å²) in [5, 5.41) is 4.21. The topological polar surface area (TPSA) is 55.1 Å². The molecule has 0 bridgehead atoms. The van der Waals surface area contributed by atoms with E-state index >= 15 is 0 Å². The van der Waals surface area contributed by atoms with E-state index in [4.69, 9.17) is 17.3 Å². The van der Waals surface area contributed by atoms with Crippen molar-refractivity contribution in [3.05, 3.63) is 28.8 Å². The van der Waals surface area contributed by atoms with Gasteiger partial charge in [-0.15, -0.1) is 0 Å². The molecule has 116 valence electrons. The number of halogens is 1. The van der Waals surface area contributed by atoms with Crippen molar-refractivity contribution >= 4 is 23.2 Å². The molecule has 0 saturated heterocycles. The van der Waals surface area contributed by atoms with Gasteiger partial charge in [-0.25, -0.2) is 0 Å². The number of nitrogens with two attached hydrogens (primary N) is 1. The van der Waals surface area contributed by atoms with Crippen molar-refractivity contribution in [2.24, 2.45) is 23.5 Å². The second kappa shape index (κ2) is 6.69. The van der Waals surface area contributed by atoms with Crippen LogP contribution in [-0.2, 0) is 0 Å². The Balaban J connectivity index is 2.22. The van der Waals surface area contributed by atoms with E-state index in [9.17, 15) is 4.79 Å². The minimum absolute atomic E-state index is 0.398. The summed E-state index contributed by atoms with van der Waals surface area (Å²) in [5.74, 6) is 1.56. The van der Waals surface area contributed by atoms with Crippen LogP contribution < -0.4 is 11.1 Å². The lowest BCUT2D eigenvalue weighted by molar-refractivity contribution is 0.100. The number of carbonyl (C=O) groups excluding carboxylic acids is 1. The first kappa shape index (κ1) is 16.2. The van der Waals surface area contributed by atoms with Crippen molar-refractivity contribution < 1.29 is 4.79 Å². The average molecular weight is 309 g/mol. The Morgan fingerprint density at radius 2 is 2.10 bits per heavy atom. The van der Waals surface area contributed by atoms with Crippen molar-refractivity contribution in [3.63, 3.8) is 0 Å². The lowest BCUT2D eigenvalue weighted by Gasteiger charge is -2.38. The third-order valence-corrected chi connectivity index (χ3v) is 4.94. The third kappa shape index (κ3) is 3.91. The molecule has 2 rings (SSSR count). The Kier molecular flexibility index (Phi) is 5.15. The highest BCUT2D eigenvalue weighted by Gasteiger charge is 2.30. The van der Waals surface area contributed by atoms with Crippen LogP contribution in [0, 0.1) is 17.8 Å². The van der Waals surface area contributed by atoms with E-state index in [2.05, 4.69) is 26.1 Å². The SMILES string of the molecule is CC1CCC(C(C)C)C(Nc2cc(C(N)=O)ccc2Cl)C1. The van der Waals surface area contributed by atoms with Gasteiger partial charge in [-0.05, 0) is 48.8 Å². The summed E-state index contributed by atoms with van der Waals surface area (Å²) in [6, 6.07) is 5.57. The maximum absolute atomic E-state index is 11.3. The predicted octanol–water partition coefficient (Wildman–Crippen LogP) is 4.31. The summed E-state index contributed by atoms with van der Waals surface area (Å²) in [7, 11) is 0. The number of nitrogens with one attached hydrogen (secondary N) is 1. The molecule has 4 heteroatoms. The molecule has 1 saturated carbocycles. The van der Waals surface area contributed by atoms with Gasteiger partial charge in [0, 0.05) is 11.6 Å². The molecule has 1 aliphatic rings. The first-order valence-electron chi connectivity index (χ1n) is 7.74. The van der Waals surface area contributed by atoms with E-state index in [-0.39, 0.29) is 0 Å². The van der Waals surface area contributed by atoms with Crippen LogP contribution in [0.5, 0.6) is 0 Å². The van der Waals surface area contributed by atoms with Gasteiger partial charge in [0.15, 0.2) is 0 Å². The third-order valence-electron chi connectivity index (χ3n) is 4.61. The second-order valence-electron chi connectivity index (χ2n) is 6.64. The van der Waals surface area contributed by atoms with Crippen molar-refractivity contribution in [1.82, 2.24) is 0 Å². The Morgan fingerprint density at radius 1 is 1.38 bits per heavy atom. The molecular weight excluding hydrogens is 284 g/mol. The number of benzene rings is 1. The van der Waals surface area contributed by atoms with Gasteiger partial charge in [-0.2, -0.15) is 0 Å². The van der Waals surface area contributed by atoms with Gasteiger partial charge in [-0.1, -0.05) is 38.8 Å². The monoisotopic (exact) mass is 308 g/mol. The van der Waals surface area contributed by atoms with Crippen molar-refractivity contribution in [2.75, 3.05) is 5.32 Å². The summed E-state index contributed by atoms with van der Waals surface area (Å²) in [5.41, 5.74) is 6.66. The minimum Gasteiger partial charge on any atom is -0.381 e. The fraction of sp³-hybridized carbons (Fsp3) is 0.588. The molecule has 0 heterocycles. The molecule has 3 nitrogen and oxygen atoms in total. The summed E-state index contributed by atoms with van der Waals surface area (Å²) in [4.78, 5) is 11.3. The van der Waals surface area contributed by atoms with Crippen molar-refractivity contribution in [3.8, 4) is 0 Å². The summed E-state index contributed by atoms with van der Waals surface area (Å²) in [6.45, 7) is 6.85. The van der Waals surface area contributed by atoms with Gasteiger partial charge in [0.05, 0.1) is 10.7 Å². The number of primary amides is 1. The highest BCUT2D eigenvalue weighted by Crippen LogP contribution is 2.36. The van der Waals surface area contributed by atoms with E-state index < -0.39 is 5.91 Å². The average Bonchev–Trinajstić information content (AvgIpc) is 2.40. The zero-order valence-corrected chi connectivity index (χ0v) is 13.8. The summed E-state index contributed by atoms with van der Waals surface area (Å²) in [6.07, 6.45) is 3.67. The van der Waals surface area contributed by atoms with E-state index in [1.165, 1.54) is 12.8 Å². The Hall–Kier alpha value is -1.22. The molecule has 3 unspecified atom stereocenters. The molecule has 1 aromatic rings. The van der Waals surface area contributed by atoms with Gasteiger partial charge in [0.2, 0.25) is 5.91 Å². The first-order chi connectivity index (χ1) is 9.88. The number of hydrogen-bond acceptors (Lipinski definition) is 2. The fourth-order valence-electron chi connectivity index (χ4n) is 3.36. The van der Waals surface area contributed by atoms with Crippen LogP contribution in [0.4, 0.5) is 5.69 Å².